The second-order valence-electron chi connectivity index (χ2n) is 7.72. The van der Waals surface area contributed by atoms with Gasteiger partial charge >= 0.3 is 0 Å². The van der Waals surface area contributed by atoms with Gasteiger partial charge in [-0.25, -0.2) is 0 Å². The van der Waals surface area contributed by atoms with Gasteiger partial charge in [0.05, 0.1) is 5.52 Å². The lowest BCUT2D eigenvalue weighted by Gasteiger charge is -2.27. The molecule has 0 radical (unpaired) electrons. The Labute approximate surface area is 179 Å². The van der Waals surface area contributed by atoms with Gasteiger partial charge in [0.1, 0.15) is 0 Å². The van der Waals surface area contributed by atoms with Crippen molar-refractivity contribution in [3.8, 4) is 17.0 Å². The second kappa shape index (κ2) is 7.77. The van der Waals surface area contributed by atoms with Gasteiger partial charge in [0.15, 0.2) is 5.69 Å². The standard InChI is InChI=1S/C24H21N5O2/c1-29-12-9-17-18(15-5-3-2-4-6-15)13-19-21(20(17)14-29)26-24(31)22(19)27-28-23(30)16-7-10-25-11-8-16/h2-8,10-11,13,26,31H,9,12,14H2,1H3. The first-order valence-corrected chi connectivity index (χ1v) is 10.1. The molecule has 2 aromatic heterocycles. The third kappa shape index (κ3) is 3.49. The summed E-state index contributed by atoms with van der Waals surface area (Å²) in [6, 6.07) is 15.4. The lowest BCUT2D eigenvalue weighted by atomic mass is 9.89. The van der Waals surface area contributed by atoms with E-state index in [0.29, 0.717) is 5.56 Å². The molecule has 3 heterocycles. The number of H-pyrrole nitrogens is 1. The molecule has 0 saturated heterocycles. The Bertz CT molecular complexity index is 1300. The quantitative estimate of drug-likeness (QED) is 0.471. The Kier molecular flexibility index (Phi) is 4.80. The minimum Gasteiger partial charge on any atom is -0.493 e. The molecule has 1 aliphatic rings. The predicted molar refractivity (Wildman–Crippen MR) is 119 cm³/mol. The maximum atomic E-state index is 12.4. The summed E-state index contributed by atoms with van der Waals surface area (Å²) in [4.78, 5) is 21.6. The smallest absolute Gasteiger partial charge is 0.295 e. The van der Waals surface area contributed by atoms with Crippen LogP contribution in [0.4, 0.5) is 5.69 Å². The summed E-state index contributed by atoms with van der Waals surface area (Å²) >= 11 is 0. The number of aromatic amines is 1. The normalized spacial score (nSPS) is 14.2. The number of carbonyl (C=O) groups is 1. The average molecular weight is 411 g/mol. The van der Waals surface area contributed by atoms with Crippen LogP contribution in [0.1, 0.15) is 21.5 Å². The van der Waals surface area contributed by atoms with Crippen molar-refractivity contribution in [1.29, 1.82) is 0 Å². The van der Waals surface area contributed by atoms with Crippen LogP contribution < -0.4 is 0 Å². The van der Waals surface area contributed by atoms with Gasteiger partial charge < -0.3 is 15.0 Å². The number of hydrogen-bond acceptors (Lipinski definition) is 5. The van der Waals surface area contributed by atoms with E-state index in [1.54, 1.807) is 12.1 Å². The van der Waals surface area contributed by atoms with E-state index in [-0.39, 0.29) is 11.6 Å². The van der Waals surface area contributed by atoms with Gasteiger partial charge in [-0.2, -0.15) is 0 Å². The van der Waals surface area contributed by atoms with E-state index >= 15 is 0 Å². The molecule has 4 aromatic rings. The van der Waals surface area contributed by atoms with Gasteiger partial charge in [-0.1, -0.05) is 30.3 Å². The zero-order chi connectivity index (χ0) is 21.4. The molecule has 1 amide bonds. The third-order valence-electron chi connectivity index (χ3n) is 5.70. The van der Waals surface area contributed by atoms with Gasteiger partial charge in [0, 0.05) is 36.4 Å². The van der Waals surface area contributed by atoms with Crippen LogP contribution in [0, 0.1) is 0 Å². The van der Waals surface area contributed by atoms with Crippen molar-refractivity contribution < 1.29 is 9.90 Å². The van der Waals surface area contributed by atoms with Crippen molar-refractivity contribution in [3.63, 3.8) is 0 Å². The van der Waals surface area contributed by atoms with Crippen LogP contribution >= 0.6 is 0 Å². The Hall–Kier alpha value is -3.84. The van der Waals surface area contributed by atoms with Crippen LogP contribution in [0.15, 0.2) is 71.2 Å². The summed E-state index contributed by atoms with van der Waals surface area (Å²) in [5.74, 6) is -0.584. The van der Waals surface area contributed by atoms with Gasteiger partial charge in [-0.3, -0.25) is 9.78 Å². The first-order valence-electron chi connectivity index (χ1n) is 10.1. The van der Waals surface area contributed by atoms with Crippen molar-refractivity contribution in [2.45, 2.75) is 13.0 Å². The van der Waals surface area contributed by atoms with Crippen molar-refractivity contribution in [3.05, 3.63) is 77.6 Å². The maximum absolute atomic E-state index is 12.4. The SMILES string of the molecule is CN1CCc2c(-c3ccccc3)cc3c(N=NC(=O)c4ccncc4)c(O)[nH]c3c2C1. The van der Waals surface area contributed by atoms with Crippen LogP contribution in [-0.2, 0) is 13.0 Å². The number of hydrogen-bond donors (Lipinski definition) is 2. The molecule has 0 aliphatic carbocycles. The molecular formula is C24H21N5O2. The molecule has 31 heavy (non-hydrogen) atoms. The van der Waals surface area contributed by atoms with E-state index in [2.05, 4.69) is 44.3 Å². The van der Waals surface area contributed by atoms with Crippen molar-refractivity contribution in [2.75, 3.05) is 13.6 Å². The molecule has 2 N–H and O–H groups in total. The lowest BCUT2D eigenvalue weighted by Crippen LogP contribution is -2.27. The highest BCUT2D eigenvalue weighted by molar-refractivity contribution is 6.01. The number of likely N-dealkylation sites (N-methyl/N-ethyl adjacent to an activating group) is 1. The first kappa shape index (κ1) is 19.1. The number of nitrogens with one attached hydrogen (secondary N) is 1. The molecular weight excluding hydrogens is 390 g/mol. The van der Waals surface area contributed by atoms with E-state index in [4.69, 9.17) is 0 Å². The van der Waals surface area contributed by atoms with Gasteiger partial charge in [0.2, 0.25) is 5.88 Å². The highest BCUT2D eigenvalue weighted by Crippen LogP contribution is 2.43. The molecule has 0 bridgehead atoms. The topological polar surface area (TPSA) is 93.9 Å². The van der Waals surface area contributed by atoms with Crippen LogP contribution in [0.25, 0.3) is 22.0 Å². The summed E-state index contributed by atoms with van der Waals surface area (Å²) in [6.07, 6.45) is 3.98. The van der Waals surface area contributed by atoms with Gasteiger partial charge in [-0.05, 0) is 53.9 Å². The summed E-state index contributed by atoms with van der Waals surface area (Å²) in [6.45, 7) is 1.73. The highest BCUT2D eigenvalue weighted by atomic mass is 16.3. The number of rotatable bonds is 3. The van der Waals surface area contributed by atoms with E-state index in [1.165, 1.54) is 18.0 Å². The summed E-state index contributed by atoms with van der Waals surface area (Å²) in [7, 11) is 2.08. The molecule has 2 aromatic carbocycles. The lowest BCUT2D eigenvalue weighted by molar-refractivity contribution is 0.0995. The van der Waals surface area contributed by atoms with E-state index in [1.807, 2.05) is 24.3 Å². The number of benzene rings is 2. The number of pyridine rings is 1. The fourth-order valence-corrected chi connectivity index (χ4v) is 4.15. The fraction of sp³-hybridized carbons (Fsp3) is 0.167. The molecule has 0 spiro atoms. The number of azo groups is 1. The number of nitrogens with zero attached hydrogens (tertiary/aromatic N) is 4. The molecule has 5 rings (SSSR count). The molecule has 154 valence electrons. The summed E-state index contributed by atoms with van der Waals surface area (Å²) in [5.41, 5.74) is 6.14. The van der Waals surface area contributed by atoms with Crippen molar-refractivity contribution in [1.82, 2.24) is 14.9 Å². The molecule has 7 nitrogen and oxygen atoms in total. The van der Waals surface area contributed by atoms with Crippen LogP contribution in [0.5, 0.6) is 5.88 Å². The van der Waals surface area contributed by atoms with Crippen LogP contribution in [0.3, 0.4) is 0 Å². The molecule has 1 aliphatic heterocycles. The number of aromatic nitrogens is 2. The maximum Gasteiger partial charge on any atom is 0.295 e. The average Bonchev–Trinajstić information content (AvgIpc) is 3.13. The predicted octanol–water partition coefficient (Wildman–Crippen LogP) is 4.85. The highest BCUT2D eigenvalue weighted by Gasteiger charge is 2.24. The van der Waals surface area contributed by atoms with Crippen molar-refractivity contribution >= 4 is 22.5 Å². The molecule has 0 saturated carbocycles. The van der Waals surface area contributed by atoms with Crippen LogP contribution in [0.2, 0.25) is 0 Å². The van der Waals surface area contributed by atoms with E-state index in [9.17, 15) is 9.90 Å². The Morgan fingerprint density at radius 2 is 1.90 bits per heavy atom. The first-order chi connectivity index (χ1) is 15.1. The fourth-order valence-electron chi connectivity index (χ4n) is 4.15. The molecule has 0 fully saturated rings. The minimum absolute atomic E-state index is 0.0954. The zero-order valence-corrected chi connectivity index (χ0v) is 17.0. The zero-order valence-electron chi connectivity index (χ0n) is 17.0. The monoisotopic (exact) mass is 411 g/mol. The van der Waals surface area contributed by atoms with Gasteiger partial charge in [-0.15, -0.1) is 10.2 Å². The Morgan fingerprint density at radius 1 is 1.13 bits per heavy atom. The van der Waals surface area contributed by atoms with Crippen molar-refractivity contribution in [2.24, 2.45) is 10.2 Å². The molecule has 7 heteroatoms. The second-order valence-corrected chi connectivity index (χ2v) is 7.72. The van der Waals surface area contributed by atoms with E-state index in [0.717, 1.165) is 47.1 Å². The molecule has 0 atom stereocenters. The van der Waals surface area contributed by atoms with Gasteiger partial charge in [0.25, 0.3) is 5.91 Å². The number of carbonyl (C=O) groups excluding carboxylic acids is 1. The third-order valence-corrected chi connectivity index (χ3v) is 5.70. The largest absolute Gasteiger partial charge is 0.493 e. The summed E-state index contributed by atoms with van der Waals surface area (Å²) < 4.78 is 0. The van der Waals surface area contributed by atoms with Crippen LogP contribution in [-0.4, -0.2) is 39.5 Å². The number of aromatic hydroxyl groups is 1. The van der Waals surface area contributed by atoms with E-state index < -0.39 is 5.91 Å². The summed E-state index contributed by atoms with van der Waals surface area (Å²) in [5, 5.41) is 19.3. The molecule has 0 unspecified atom stereocenters. The Morgan fingerprint density at radius 3 is 2.68 bits per heavy atom. The number of fused-ring (bicyclic) bond motifs is 3. The number of amides is 1. The Balaban J connectivity index is 1.67. The minimum atomic E-state index is -0.489.